The van der Waals surface area contributed by atoms with Crippen molar-refractivity contribution in [1.82, 2.24) is 0 Å². The van der Waals surface area contributed by atoms with Crippen LogP contribution in [0.3, 0.4) is 0 Å². The predicted molar refractivity (Wildman–Crippen MR) is 80.4 cm³/mol. The van der Waals surface area contributed by atoms with Gasteiger partial charge in [-0.15, -0.1) is 0 Å². The topological polar surface area (TPSA) is 89.6 Å². The second-order valence-electron chi connectivity index (χ2n) is 5.52. The van der Waals surface area contributed by atoms with Crippen molar-refractivity contribution in [3.8, 4) is 0 Å². The lowest BCUT2D eigenvalue weighted by atomic mass is 9.93. The summed E-state index contributed by atoms with van der Waals surface area (Å²) in [5.41, 5.74) is 5.37. The molecule has 1 unspecified atom stereocenters. The Morgan fingerprint density at radius 1 is 1.29 bits per heavy atom. The number of carbonyl (C=O) groups is 2. The van der Waals surface area contributed by atoms with Crippen LogP contribution in [-0.2, 0) is 14.3 Å². The SMILES string of the molecule is CC(C)(C)OC(=O)[C@H](C(=O)O)C(N)c1cccc(Cl)c1Cl. The smallest absolute Gasteiger partial charge is 0.322 e. The van der Waals surface area contributed by atoms with E-state index in [0.29, 0.717) is 0 Å². The van der Waals surface area contributed by atoms with Crippen LogP contribution >= 0.6 is 23.2 Å². The molecule has 1 rings (SSSR count). The highest BCUT2D eigenvalue weighted by Gasteiger charge is 2.38. The summed E-state index contributed by atoms with van der Waals surface area (Å²) in [5.74, 6) is -3.87. The molecule has 0 fully saturated rings. The Morgan fingerprint density at radius 3 is 2.33 bits per heavy atom. The Kier molecular flexibility index (Phi) is 5.61. The predicted octanol–water partition coefficient (Wildman–Crippen LogP) is 3.04. The Labute approximate surface area is 133 Å². The van der Waals surface area contributed by atoms with Gasteiger partial charge in [0.1, 0.15) is 5.60 Å². The zero-order valence-corrected chi connectivity index (χ0v) is 13.4. The molecule has 1 aromatic rings. The third kappa shape index (κ3) is 4.59. The Morgan fingerprint density at radius 2 is 1.86 bits per heavy atom. The molecular weight excluding hydrogens is 317 g/mol. The van der Waals surface area contributed by atoms with E-state index in [1.807, 2.05) is 0 Å². The van der Waals surface area contributed by atoms with Gasteiger partial charge < -0.3 is 15.6 Å². The quantitative estimate of drug-likeness (QED) is 0.652. The average molecular weight is 334 g/mol. The first kappa shape index (κ1) is 17.8. The second-order valence-corrected chi connectivity index (χ2v) is 6.30. The molecule has 0 bridgehead atoms. The number of esters is 1. The molecule has 0 saturated carbocycles. The number of aliphatic carboxylic acids is 1. The molecule has 0 heterocycles. The minimum absolute atomic E-state index is 0.126. The van der Waals surface area contributed by atoms with Gasteiger partial charge in [0.2, 0.25) is 0 Å². The van der Waals surface area contributed by atoms with Gasteiger partial charge in [-0.05, 0) is 32.4 Å². The van der Waals surface area contributed by atoms with Crippen molar-refractivity contribution in [2.24, 2.45) is 11.7 Å². The number of carboxylic acids is 1. The molecular formula is C14H17Cl2NO4. The number of carboxylic acid groups (broad SMARTS) is 1. The van der Waals surface area contributed by atoms with Crippen LogP contribution in [-0.4, -0.2) is 22.6 Å². The molecule has 116 valence electrons. The summed E-state index contributed by atoms with van der Waals surface area (Å²) in [5, 5.41) is 9.64. The maximum absolute atomic E-state index is 12.1. The van der Waals surface area contributed by atoms with Gasteiger partial charge in [-0.2, -0.15) is 0 Å². The Balaban J connectivity index is 3.14. The van der Waals surface area contributed by atoms with E-state index in [4.69, 9.17) is 33.7 Å². The molecule has 0 spiro atoms. The van der Waals surface area contributed by atoms with E-state index in [2.05, 4.69) is 0 Å². The summed E-state index contributed by atoms with van der Waals surface area (Å²) in [6.07, 6.45) is 0. The molecule has 3 N–H and O–H groups in total. The molecule has 7 heteroatoms. The first-order chi connectivity index (χ1) is 9.54. The lowest BCUT2D eigenvalue weighted by Crippen LogP contribution is -2.39. The maximum Gasteiger partial charge on any atom is 0.322 e. The van der Waals surface area contributed by atoms with Crippen molar-refractivity contribution in [3.05, 3.63) is 33.8 Å². The van der Waals surface area contributed by atoms with Crippen molar-refractivity contribution < 1.29 is 19.4 Å². The highest BCUT2D eigenvalue weighted by atomic mass is 35.5. The fourth-order valence-corrected chi connectivity index (χ4v) is 2.16. The number of rotatable bonds is 4. The van der Waals surface area contributed by atoms with Gasteiger partial charge in [0.25, 0.3) is 0 Å². The third-order valence-electron chi connectivity index (χ3n) is 2.63. The molecule has 0 radical (unpaired) electrons. The number of hydrogen-bond donors (Lipinski definition) is 2. The van der Waals surface area contributed by atoms with Gasteiger partial charge in [0.05, 0.1) is 16.1 Å². The van der Waals surface area contributed by atoms with Crippen molar-refractivity contribution in [2.45, 2.75) is 32.4 Å². The number of carbonyl (C=O) groups excluding carboxylic acids is 1. The van der Waals surface area contributed by atoms with Crippen molar-refractivity contribution >= 4 is 35.1 Å². The lowest BCUT2D eigenvalue weighted by molar-refractivity contribution is -0.167. The zero-order chi connectivity index (χ0) is 16.4. The van der Waals surface area contributed by atoms with Gasteiger partial charge in [0.15, 0.2) is 5.92 Å². The van der Waals surface area contributed by atoms with Gasteiger partial charge in [0, 0.05) is 0 Å². The summed E-state index contributed by atoms with van der Waals surface area (Å²) < 4.78 is 5.10. The lowest BCUT2D eigenvalue weighted by Gasteiger charge is -2.25. The second kappa shape index (κ2) is 6.64. The van der Waals surface area contributed by atoms with Crippen LogP contribution in [0.15, 0.2) is 18.2 Å². The van der Waals surface area contributed by atoms with Gasteiger partial charge >= 0.3 is 11.9 Å². The van der Waals surface area contributed by atoms with Gasteiger partial charge in [-0.1, -0.05) is 35.3 Å². The minimum Gasteiger partial charge on any atom is -0.481 e. The maximum atomic E-state index is 12.1. The molecule has 0 aromatic heterocycles. The first-order valence-corrected chi connectivity index (χ1v) is 6.95. The van der Waals surface area contributed by atoms with E-state index < -0.39 is 29.5 Å². The van der Waals surface area contributed by atoms with E-state index in [-0.39, 0.29) is 15.6 Å². The molecule has 0 aliphatic carbocycles. The normalized spacial score (nSPS) is 14.4. The summed E-state index contributed by atoms with van der Waals surface area (Å²) in [4.78, 5) is 23.4. The Bertz CT molecular complexity index is 554. The Hall–Kier alpha value is -1.30. The zero-order valence-electron chi connectivity index (χ0n) is 11.9. The van der Waals surface area contributed by atoms with E-state index >= 15 is 0 Å². The minimum atomic E-state index is -1.57. The monoisotopic (exact) mass is 333 g/mol. The van der Waals surface area contributed by atoms with Crippen LogP contribution in [0.4, 0.5) is 0 Å². The van der Waals surface area contributed by atoms with Crippen LogP contribution in [0.1, 0.15) is 32.4 Å². The number of hydrogen-bond acceptors (Lipinski definition) is 4. The summed E-state index contributed by atoms with van der Waals surface area (Å²) in [6, 6.07) is 3.49. The van der Waals surface area contributed by atoms with Crippen LogP contribution < -0.4 is 5.73 Å². The summed E-state index contributed by atoms with van der Waals surface area (Å²) in [7, 11) is 0. The van der Waals surface area contributed by atoms with Gasteiger partial charge in [-0.3, -0.25) is 9.59 Å². The fraction of sp³-hybridized carbons (Fsp3) is 0.429. The molecule has 0 aliphatic rings. The molecule has 0 saturated heterocycles. The number of benzene rings is 1. The molecule has 0 aliphatic heterocycles. The van der Waals surface area contributed by atoms with Gasteiger partial charge in [-0.25, -0.2) is 0 Å². The molecule has 0 amide bonds. The largest absolute Gasteiger partial charge is 0.481 e. The number of nitrogens with two attached hydrogens (primary N) is 1. The third-order valence-corrected chi connectivity index (χ3v) is 3.46. The number of halogens is 2. The highest BCUT2D eigenvalue weighted by molar-refractivity contribution is 6.42. The molecule has 1 aromatic carbocycles. The standard InChI is InChI=1S/C14H17Cl2NO4/c1-14(2,3)21-13(20)9(12(18)19)11(17)7-5-4-6-8(15)10(7)16/h4-6,9,11H,17H2,1-3H3,(H,18,19)/t9-,11?/m0/s1. The van der Waals surface area contributed by atoms with Crippen LogP contribution in [0, 0.1) is 5.92 Å². The number of ether oxygens (including phenoxy) is 1. The van der Waals surface area contributed by atoms with Crippen molar-refractivity contribution in [3.63, 3.8) is 0 Å². The van der Waals surface area contributed by atoms with Crippen molar-refractivity contribution in [2.75, 3.05) is 0 Å². The highest BCUT2D eigenvalue weighted by Crippen LogP contribution is 2.33. The van der Waals surface area contributed by atoms with E-state index in [1.165, 1.54) is 6.07 Å². The molecule has 2 atom stereocenters. The summed E-state index contributed by atoms with van der Waals surface area (Å²) >= 11 is 11.9. The average Bonchev–Trinajstić information content (AvgIpc) is 2.29. The molecule has 5 nitrogen and oxygen atoms in total. The molecule has 21 heavy (non-hydrogen) atoms. The van der Waals surface area contributed by atoms with Crippen LogP contribution in [0.5, 0.6) is 0 Å². The van der Waals surface area contributed by atoms with E-state index in [1.54, 1.807) is 32.9 Å². The van der Waals surface area contributed by atoms with Crippen molar-refractivity contribution in [1.29, 1.82) is 0 Å². The van der Waals surface area contributed by atoms with E-state index in [9.17, 15) is 14.7 Å². The van der Waals surface area contributed by atoms with Crippen LogP contribution in [0.25, 0.3) is 0 Å². The summed E-state index contributed by atoms with van der Waals surface area (Å²) in [6.45, 7) is 4.92. The van der Waals surface area contributed by atoms with E-state index in [0.717, 1.165) is 0 Å². The first-order valence-electron chi connectivity index (χ1n) is 6.19. The fourth-order valence-electron chi connectivity index (χ4n) is 1.72. The van der Waals surface area contributed by atoms with Crippen LogP contribution in [0.2, 0.25) is 10.0 Å².